The molecule has 0 atom stereocenters. The van der Waals surface area contributed by atoms with Crippen LogP contribution in [-0.4, -0.2) is 51.7 Å². The summed E-state index contributed by atoms with van der Waals surface area (Å²) in [6, 6.07) is 4.11. The van der Waals surface area contributed by atoms with Crippen LogP contribution in [0.2, 0.25) is 5.28 Å². The zero-order valence-electron chi connectivity index (χ0n) is 19.1. The zero-order chi connectivity index (χ0) is 23.9. The molecular formula is C23H27ClFN5O3. The summed E-state index contributed by atoms with van der Waals surface area (Å²) in [6.07, 6.45) is 2.25. The molecule has 2 aliphatic rings. The molecule has 3 heterocycles. The zero-order valence-corrected chi connectivity index (χ0v) is 19.9. The molecular weight excluding hydrogens is 449 g/mol. The number of hydrogen-bond donors (Lipinski definition) is 0. The number of anilines is 2. The molecule has 1 fully saturated rings. The molecule has 0 bridgehead atoms. The number of benzene rings is 1. The van der Waals surface area contributed by atoms with Crippen LogP contribution in [0.4, 0.5) is 25.5 Å². The summed E-state index contributed by atoms with van der Waals surface area (Å²) in [4.78, 5) is 39.2. The highest BCUT2D eigenvalue weighted by Gasteiger charge is 2.40. The van der Waals surface area contributed by atoms with E-state index in [1.807, 2.05) is 20.8 Å². The minimum atomic E-state index is -0.582. The molecule has 8 nitrogen and oxygen atoms in total. The van der Waals surface area contributed by atoms with Crippen molar-refractivity contribution >= 4 is 35.2 Å². The number of aryl methyl sites for hydroxylation is 1. The van der Waals surface area contributed by atoms with Crippen molar-refractivity contribution in [3.63, 3.8) is 0 Å². The van der Waals surface area contributed by atoms with Gasteiger partial charge in [-0.2, -0.15) is 4.98 Å². The summed E-state index contributed by atoms with van der Waals surface area (Å²) in [6.45, 7) is 8.23. The first-order chi connectivity index (χ1) is 15.5. The Morgan fingerprint density at radius 2 is 1.94 bits per heavy atom. The lowest BCUT2D eigenvalue weighted by molar-refractivity contribution is 0.0206. The van der Waals surface area contributed by atoms with Crippen molar-refractivity contribution in [3.05, 3.63) is 46.6 Å². The van der Waals surface area contributed by atoms with Crippen molar-refractivity contribution in [1.82, 2.24) is 14.9 Å². The first-order valence-corrected chi connectivity index (χ1v) is 11.3. The summed E-state index contributed by atoms with van der Waals surface area (Å²) in [5.74, 6) is -0.0395. The lowest BCUT2D eigenvalue weighted by atomic mass is 10.0. The minimum Gasteiger partial charge on any atom is -0.444 e. The van der Waals surface area contributed by atoms with Crippen molar-refractivity contribution in [2.45, 2.75) is 58.7 Å². The number of carbonyl (C=O) groups excluding carboxylic acids is 2. The maximum atomic E-state index is 14.8. The van der Waals surface area contributed by atoms with Gasteiger partial charge in [0.15, 0.2) is 0 Å². The van der Waals surface area contributed by atoms with E-state index in [0.717, 1.165) is 0 Å². The largest absolute Gasteiger partial charge is 0.444 e. The highest BCUT2D eigenvalue weighted by Crippen LogP contribution is 2.36. The van der Waals surface area contributed by atoms with Crippen LogP contribution in [0.1, 0.15) is 44.7 Å². The second-order valence-corrected chi connectivity index (χ2v) is 9.67. The molecule has 2 aliphatic heterocycles. The van der Waals surface area contributed by atoms with Crippen LogP contribution < -0.4 is 9.80 Å². The van der Waals surface area contributed by atoms with Crippen LogP contribution in [0, 0.1) is 12.7 Å². The number of piperidine rings is 1. The van der Waals surface area contributed by atoms with Gasteiger partial charge in [0.25, 0.3) is 0 Å². The molecule has 0 aliphatic carbocycles. The predicted molar refractivity (Wildman–Crippen MR) is 123 cm³/mol. The van der Waals surface area contributed by atoms with Crippen LogP contribution in [0.5, 0.6) is 0 Å². The molecule has 1 saturated heterocycles. The van der Waals surface area contributed by atoms with Gasteiger partial charge in [-0.25, -0.2) is 19.0 Å². The lowest BCUT2D eigenvalue weighted by Gasteiger charge is -2.43. The number of fused-ring (bicyclic) bond motifs is 1. The van der Waals surface area contributed by atoms with E-state index in [0.29, 0.717) is 42.9 Å². The third-order valence-corrected chi connectivity index (χ3v) is 5.93. The molecule has 0 saturated carbocycles. The van der Waals surface area contributed by atoms with Gasteiger partial charge in [0.1, 0.15) is 17.2 Å². The van der Waals surface area contributed by atoms with Crippen LogP contribution in [0.3, 0.4) is 0 Å². The van der Waals surface area contributed by atoms with E-state index in [9.17, 15) is 14.0 Å². The number of amides is 3. The molecule has 3 amide bonds. The quantitative estimate of drug-likeness (QED) is 0.576. The Kier molecular flexibility index (Phi) is 6.18. The van der Waals surface area contributed by atoms with Gasteiger partial charge in [0.2, 0.25) is 5.28 Å². The molecule has 176 valence electrons. The van der Waals surface area contributed by atoms with Crippen LogP contribution in [-0.2, 0) is 11.3 Å². The van der Waals surface area contributed by atoms with Crippen molar-refractivity contribution in [2.24, 2.45) is 0 Å². The van der Waals surface area contributed by atoms with Crippen molar-refractivity contribution in [1.29, 1.82) is 0 Å². The van der Waals surface area contributed by atoms with Crippen molar-refractivity contribution < 1.29 is 18.7 Å². The van der Waals surface area contributed by atoms with Gasteiger partial charge >= 0.3 is 12.1 Å². The average molecular weight is 476 g/mol. The van der Waals surface area contributed by atoms with E-state index in [4.69, 9.17) is 16.3 Å². The summed E-state index contributed by atoms with van der Waals surface area (Å²) >= 11 is 6.06. The summed E-state index contributed by atoms with van der Waals surface area (Å²) in [7, 11) is 0. The number of urea groups is 1. The van der Waals surface area contributed by atoms with Gasteiger partial charge in [-0.15, -0.1) is 0 Å². The molecule has 10 heteroatoms. The normalized spacial score (nSPS) is 17.3. The number of carbonyl (C=O) groups is 2. The van der Waals surface area contributed by atoms with Gasteiger partial charge in [-0.1, -0.05) is 12.1 Å². The first-order valence-electron chi connectivity index (χ1n) is 10.9. The molecule has 0 unspecified atom stereocenters. The smallest absolute Gasteiger partial charge is 0.410 e. The molecule has 1 aromatic carbocycles. The third-order valence-electron chi connectivity index (χ3n) is 5.75. The Morgan fingerprint density at radius 1 is 1.24 bits per heavy atom. The Hall–Kier alpha value is -2.94. The topological polar surface area (TPSA) is 78.9 Å². The minimum absolute atomic E-state index is 0.0354. The molecule has 2 aromatic rings. The van der Waals surface area contributed by atoms with E-state index < -0.39 is 11.4 Å². The fourth-order valence-electron chi connectivity index (χ4n) is 4.26. The van der Waals surface area contributed by atoms with Gasteiger partial charge in [0, 0.05) is 30.9 Å². The summed E-state index contributed by atoms with van der Waals surface area (Å²) in [5, 5.41) is 0.0354. The van der Waals surface area contributed by atoms with Crippen LogP contribution >= 0.6 is 11.6 Å². The Balaban J connectivity index is 1.63. The fourth-order valence-corrected chi connectivity index (χ4v) is 4.39. The SMILES string of the molecule is Cc1cccc(F)c1N1Cc2cnc(Cl)nc2N(C2CCN(C(=O)OC(C)(C)C)CC2)C1=O. The number of ether oxygens (including phenoxy) is 1. The van der Waals surface area contributed by atoms with Gasteiger partial charge in [-0.3, -0.25) is 9.80 Å². The average Bonchev–Trinajstić information content (AvgIpc) is 2.73. The van der Waals surface area contributed by atoms with Gasteiger partial charge in [-0.05, 0) is 63.8 Å². The van der Waals surface area contributed by atoms with E-state index >= 15 is 0 Å². The van der Waals surface area contributed by atoms with Crippen molar-refractivity contribution in [3.8, 4) is 0 Å². The van der Waals surface area contributed by atoms with Crippen LogP contribution in [0.15, 0.2) is 24.4 Å². The predicted octanol–water partition coefficient (Wildman–Crippen LogP) is 4.92. The fraction of sp³-hybridized carbons (Fsp3) is 0.478. The monoisotopic (exact) mass is 475 g/mol. The highest BCUT2D eigenvalue weighted by atomic mass is 35.5. The number of halogens is 2. The van der Waals surface area contributed by atoms with Gasteiger partial charge in [0.05, 0.1) is 12.2 Å². The van der Waals surface area contributed by atoms with E-state index in [1.54, 1.807) is 35.1 Å². The van der Waals surface area contributed by atoms with E-state index in [-0.39, 0.29) is 35.7 Å². The van der Waals surface area contributed by atoms with E-state index in [1.165, 1.54) is 11.0 Å². The number of para-hydroxylation sites is 1. The number of nitrogens with zero attached hydrogens (tertiary/aromatic N) is 5. The molecule has 0 N–H and O–H groups in total. The molecule has 1 aromatic heterocycles. The number of hydrogen-bond acceptors (Lipinski definition) is 5. The Bertz CT molecular complexity index is 1060. The molecule has 4 rings (SSSR count). The Morgan fingerprint density at radius 3 is 2.58 bits per heavy atom. The van der Waals surface area contributed by atoms with Gasteiger partial charge < -0.3 is 9.64 Å². The van der Waals surface area contributed by atoms with Crippen LogP contribution in [0.25, 0.3) is 0 Å². The third kappa shape index (κ3) is 4.73. The van der Waals surface area contributed by atoms with Crippen molar-refractivity contribution in [2.75, 3.05) is 22.9 Å². The highest BCUT2D eigenvalue weighted by molar-refractivity contribution is 6.28. The number of rotatable bonds is 2. The second kappa shape index (κ2) is 8.78. The molecule has 0 spiro atoms. The lowest BCUT2D eigenvalue weighted by Crippen LogP contribution is -2.56. The standard InChI is InChI=1S/C23H27ClFN5O3/c1-14-6-5-7-17(25)18(14)29-13-15-12-26-20(24)27-19(15)30(21(29)31)16-8-10-28(11-9-16)22(32)33-23(2,3)4/h5-7,12,16H,8-11,13H2,1-4H3. The second-order valence-electron chi connectivity index (χ2n) is 9.33. The first kappa shape index (κ1) is 23.2. The number of likely N-dealkylation sites (tertiary alicyclic amines) is 1. The molecule has 33 heavy (non-hydrogen) atoms. The van der Waals surface area contributed by atoms with E-state index in [2.05, 4.69) is 9.97 Å². The maximum absolute atomic E-state index is 14.8. The summed E-state index contributed by atoms with van der Waals surface area (Å²) in [5.41, 5.74) is 0.985. The number of aromatic nitrogens is 2. The Labute approximate surface area is 197 Å². The summed E-state index contributed by atoms with van der Waals surface area (Å²) < 4.78 is 20.2. The molecule has 0 radical (unpaired) electrons. The maximum Gasteiger partial charge on any atom is 0.410 e.